The Kier molecular flexibility index (Phi) is 8.67. The van der Waals surface area contributed by atoms with Crippen molar-refractivity contribution in [2.24, 2.45) is 0 Å². The highest BCUT2D eigenvalue weighted by Crippen LogP contribution is 2.00. The lowest BCUT2D eigenvalue weighted by Gasteiger charge is -1.90. The highest BCUT2D eigenvalue weighted by molar-refractivity contribution is 4.89. The monoisotopic (exact) mass is 153 g/mol. The van der Waals surface area contributed by atoms with Gasteiger partial charge in [-0.2, -0.15) is 0 Å². The van der Waals surface area contributed by atoms with Crippen LogP contribution in [-0.4, -0.2) is 0 Å². The van der Waals surface area contributed by atoms with E-state index < -0.39 is 0 Å². The van der Waals surface area contributed by atoms with Gasteiger partial charge in [-0.3, -0.25) is 5.11 Å². The number of hydrogen-bond donors (Lipinski definition) is 0. The van der Waals surface area contributed by atoms with Gasteiger partial charge in [-0.25, -0.2) is 0 Å². The molecule has 63 valence electrons. The summed E-state index contributed by atoms with van der Waals surface area (Å²) < 4.78 is 0. The summed E-state index contributed by atoms with van der Waals surface area (Å²) in [6, 6.07) is 0. The maximum Gasteiger partial charge on any atom is 0.139 e. The second kappa shape index (κ2) is 9.28. The van der Waals surface area contributed by atoms with E-state index in [2.05, 4.69) is 13.0 Å². The third-order valence-corrected chi connectivity index (χ3v) is 1.51. The standard InChI is InChI=1S/C10H17O/c1-2-3-4-5-6-7-8-9-10-11/h6-7,9-10H,2-5,8H2,1H3/b7-6+,10-9+. The van der Waals surface area contributed by atoms with E-state index in [0.29, 0.717) is 0 Å². The molecule has 1 radical (unpaired) electrons. The quantitative estimate of drug-likeness (QED) is 0.316. The first-order valence-corrected chi connectivity index (χ1v) is 4.33. The SMILES string of the molecule is CCCCC/C=C/C/C=C/[O]. The summed E-state index contributed by atoms with van der Waals surface area (Å²) in [5.41, 5.74) is 0. The summed E-state index contributed by atoms with van der Waals surface area (Å²) in [5.74, 6) is 0. The molecule has 0 fully saturated rings. The molecule has 0 saturated heterocycles. The van der Waals surface area contributed by atoms with Crippen LogP contribution in [0.15, 0.2) is 24.5 Å². The van der Waals surface area contributed by atoms with Crippen molar-refractivity contribution >= 4 is 0 Å². The van der Waals surface area contributed by atoms with E-state index in [1.54, 1.807) is 6.08 Å². The van der Waals surface area contributed by atoms with Gasteiger partial charge in [-0.05, 0) is 25.3 Å². The molecule has 1 heteroatoms. The smallest absolute Gasteiger partial charge is 0.139 e. The van der Waals surface area contributed by atoms with Crippen LogP contribution in [0, 0.1) is 0 Å². The van der Waals surface area contributed by atoms with Gasteiger partial charge in [-0.1, -0.05) is 31.9 Å². The molecule has 0 atom stereocenters. The van der Waals surface area contributed by atoms with Crippen LogP contribution in [0.5, 0.6) is 0 Å². The summed E-state index contributed by atoms with van der Waals surface area (Å²) in [5, 5.41) is 9.85. The summed E-state index contributed by atoms with van der Waals surface area (Å²) in [6.07, 6.45) is 12.5. The lowest BCUT2D eigenvalue weighted by molar-refractivity contribution is 0.350. The fourth-order valence-electron chi connectivity index (χ4n) is 0.860. The molecule has 0 heterocycles. The zero-order valence-electron chi connectivity index (χ0n) is 7.25. The van der Waals surface area contributed by atoms with Gasteiger partial charge in [0, 0.05) is 0 Å². The van der Waals surface area contributed by atoms with E-state index in [-0.39, 0.29) is 0 Å². The van der Waals surface area contributed by atoms with E-state index >= 15 is 0 Å². The van der Waals surface area contributed by atoms with Gasteiger partial charge >= 0.3 is 0 Å². The van der Waals surface area contributed by atoms with Gasteiger partial charge in [0.2, 0.25) is 0 Å². The minimum atomic E-state index is 0.787. The first-order chi connectivity index (χ1) is 5.41. The Bertz CT molecular complexity index is 114. The fraction of sp³-hybridized carbons (Fsp3) is 0.600. The zero-order valence-corrected chi connectivity index (χ0v) is 7.25. The highest BCUT2D eigenvalue weighted by atomic mass is 16.2. The predicted octanol–water partition coefficient (Wildman–Crippen LogP) is 3.46. The van der Waals surface area contributed by atoms with Crippen LogP contribution in [0.4, 0.5) is 0 Å². The Morgan fingerprint density at radius 1 is 1.09 bits per heavy atom. The molecule has 0 rings (SSSR count). The molecule has 0 aromatic heterocycles. The van der Waals surface area contributed by atoms with E-state index in [1.807, 2.05) is 6.08 Å². The van der Waals surface area contributed by atoms with Crippen LogP contribution in [0.3, 0.4) is 0 Å². The summed E-state index contributed by atoms with van der Waals surface area (Å²) in [6.45, 7) is 2.20. The molecular formula is C10H17O. The van der Waals surface area contributed by atoms with Crippen molar-refractivity contribution in [3.8, 4) is 0 Å². The number of allylic oxidation sites excluding steroid dienone is 3. The Morgan fingerprint density at radius 3 is 2.55 bits per heavy atom. The molecule has 0 aliphatic heterocycles. The van der Waals surface area contributed by atoms with Gasteiger partial charge in [0.15, 0.2) is 0 Å². The van der Waals surface area contributed by atoms with Crippen LogP contribution >= 0.6 is 0 Å². The Labute approximate surface area is 69.4 Å². The van der Waals surface area contributed by atoms with Gasteiger partial charge in [0.05, 0.1) is 0 Å². The van der Waals surface area contributed by atoms with E-state index in [9.17, 15) is 5.11 Å². The van der Waals surface area contributed by atoms with Gasteiger partial charge in [0.25, 0.3) is 0 Å². The lowest BCUT2D eigenvalue weighted by Crippen LogP contribution is -1.70. The van der Waals surface area contributed by atoms with Crippen molar-refractivity contribution in [2.45, 2.75) is 39.0 Å². The van der Waals surface area contributed by atoms with Crippen LogP contribution in [0.1, 0.15) is 39.0 Å². The van der Waals surface area contributed by atoms with Gasteiger partial charge in [-0.15, -0.1) is 0 Å². The molecule has 0 amide bonds. The third-order valence-electron chi connectivity index (χ3n) is 1.51. The first kappa shape index (κ1) is 10.3. The Morgan fingerprint density at radius 2 is 1.91 bits per heavy atom. The van der Waals surface area contributed by atoms with Crippen molar-refractivity contribution < 1.29 is 5.11 Å². The second-order valence-corrected chi connectivity index (χ2v) is 2.57. The molecule has 0 saturated carbocycles. The Balaban J connectivity index is 3.03. The van der Waals surface area contributed by atoms with Crippen LogP contribution < -0.4 is 0 Å². The average Bonchev–Trinajstić information content (AvgIpc) is 2.03. The molecule has 0 aliphatic carbocycles. The highest BCUT2D eigenvalue weighted by Gasteiger charge is 1.80. The Hall–Kier alpha value is -0.720. The summed E-state index contributed by atoms with van der Waals surface area (Å²) in [4.78, 5) is 0. The van der Waals surface area contributed by atoms with Crippen LogP contribution in [0.2, 0.25) is 0 Å². The maximum atomic E-state index is 9.85. The molecule has 0 unspecified atom stereocenters. The number of rotatable bonds is 6. The first-order valence-electron chi connectivity index (χ1n) is 4.33. The van der Waals surface area contributed by atoms with Crippen LogP contribution in [-0.2, 0) is 5.11 Å². The molecule has 0 bridgehead atoms. The van der Waals surface area contributed by atoms with E-state index in [1.165, 1.54) is 19.3 Å². The fourth-order valence-corrected chi connectivity index (χ4v) is 0.860. The van der Waals surface area contributed by atoms with Crippen molar-refractivity contribution in [3.63, 3.8) is 0 Å². The second-order valence-electron chi connectivity index (χ2n) is 2.57. The maximum absolute atomic E-state index is 9.85. The predicted molar refractivity (Wildman–Crippen MR) is 47.7 cm³/mol. The molecule has 0 aromatic carbocycles. The molecule has 1 nitrogen and oxygen atoms in total. The van der Waals surface area contributed by atoms with E-state index in [4.69, 9.17) is 0 Å². The number of unbranched alkanes of at least 4 members (excludes halogenated alkanes) is 3. The largest absolute Gasteiger partial charge is 0.299 e. The molecular weight excluding hydrogens is 136 g/mol. The van der Waals surface area contributed by atoms with Crippen molar-refractivity contribution in [1.29, 1.82) is 0 Å². The topological polar surface area (TPSA) is 19.9 Å². The van der Waals surface area contributed by atoms with Crippen LogP contribution in [0.25, 0.3) is 0 Å². The van der Waals surface area contributed by atoms with Gasteiger partial charge in [0.1, 0.15) is 6.26 Å². The third kappa shape index (κ3) is 9.28. The minimum absolute atomic E-state index is 0.787. The molecule has 0 aliphatic rings. The zero-order chi connectivity index (χ0) is 8.36. The van der Waals surface area contributed by atoms with E-state index in [0.717, 1.165) is 19.1 Å². The minimum Gasteiger partial charge on any atom is -0.299 e. The summed E-state index contributed by atoms with van der Waals surface area (Å²) >= 11 is 0. The molecule has 11 heavy (non-hydrogen) atoms. The lowest BCUT2D eigenvalue weighted by atomic mass is 10.2. The van der Waals surface area contributed by atoms with Crippen molar-refractivity contribution in [2.75, 3.05) is 0 Å². The normalized spacial score (nSPS) is 11.7. The van der Waals surface area contributed by atoms with Crippen molar-refractivity contribution in [3.05, 3.63) is 24.5 Å². The average molecular weight is 153 g/mol. The molecule has 0 spiro atoms. The molecule has 0 aromatic rings. The van der Waals surface area contributed by atoms with Gasteiger partial charge < -0.3 is 0 Å². The molecule has 0 N–H and O–H groups in total. The summed E-state index contributed by atoms with van der Waals surface area (Å²) in [7, 11) is 0. The van der Waals surface area contributed by atoms with Crippen molar-refractivity contribution in [1.82, 2.24) is 0 Å². The number of hydrogen-bond acceptors (Lipinski definition) is 0.